The Morgan fingerprint density at radius 2 is 1.68 bits per heavy atom. The number of sulfonamides is 1. The van der Waals surface area contributed by atoms with Crippen LogP contribution in [0.2, 0.25) is 15.2 Å². The first-order valence-electron chi connectivity index (χ1n) is 5.89. The van der Waals surface area contributed by atoms with Crippen molar-refractivity contribution in [1.82, 2.24) is 4.98 Å². The highest BCUT2D eigenvalue weighted by Crippen LogP contribution is 2.37. The number of hydrogen-bond acceptors (Lipinski definition) is 4. The predicted octanol–water partition coefficient (Wildman–Crippen LogP) is 4.15. The summed E-state index contributed by atoms with van der Waals surface area (Å²) in [4.78, 5) is 3.97. The second-order valence-corrected chi connectivity index (χ2v) is 7.41. The molecule has 0 saturated heterocycles. The number of nitrogens with zero attached hydrogens (tertiary/aromatic N) is 2. The SMILES string of the molecule is COc1nc(Cl)ccc1N(c1cc(Cl)cc(Cl)c1)S(C)(=O)=O. The van der Waals surface area contributed by atoms with Crippen LogP contribution in [0.3, 0.4) is 0 Å². The minimum atomic E-state index is -3.70. The lowest BCUT2D eigenvalue weighted by molar-refractivity contribution is 0.399. The van der Waals surface area contributed by atoms with Crippen LogP contribution in [0.5, 0.6) is 5.88 Å². The Labute approximate surface area is 143 Å². The number of ether oxygens (including phenoxy) is 1. The number of pyridine rings is 1. The van der Waals surface area contributed by atoms with Crippen molar-refractivity contribution in [2.24, 2.45) is 0 Å². The summed E-state index contributed by atoms with van der Waals surface area (Å²) >= 11 is 17.7. The van der Waals surface area contributed by atoms with Crippen molar-refractivity contribution >= 4 is 56.2 Å². The molecule has 0 fully saturated rings. The molecule has 0 amide bonds. The van der Waals surface area contributed by atoms with E-state index < -0.39 is 10.0 Å². The van der Waals surface area contributed by atoms with E-state index in [-0.39, 0.29) is 22.4 Å². The number of benzene rings is 1. The van der Waals surface area contributed by atoms with Gasteiger partial charge in [0.25, 0.3) is 0 Å². The molecule has 1 heterocycles. The number of methoxy groups -OCH3 is 1. The van der Waals surface area contributed by atoms with Gasteiger partial charge in [0.1, 0.15) is 10.8 Å². The lowest BCUT2D eigenvalue weighted by atomic mass is 10.3. The van der Waals surface area contributed by atoms with Gasteiger partial charge >= 0.3 is 0 Å². The zero-order chi connectivity index (χ0) is 16.5. The van der Waals surface area contributed by atoms with Crippen LogP contribution in [0.25, 0.3) is 0 Å². The molecule has 1 aromatic carbocycles. The molecule has 2 aromatic rings. The van der Waals surface area contributed by atoms with Gasteiger partial charge in [0.05, 0.1) is 19.1 Å². The van der Waals surface area contributed by atoms with Gasteiger partial charge in [0.15, 0.2) is 0 Å². The average Bonchev–Trinajstić information content (AvgIpc) is 2.38. The highest BCUT2D eigenvalue weighted by molar-refractivity contribution is 7.92. The maximum absolute atomic E-state index is 12.2. The van der Waals surface area contributed by atoms with Crippen LogP contribution < -0.4 is 9.04 Å². The van der Waals surface area contributed by atoms with Crippen molar-refractivity contribution < 1.29 is 13.2 Å². The van der Waals surface area contributed by atoms with Crippen LogP contribution in [0.1, 0.15) is 0 Å². The van der Waals surface area contributed by atoms with Gasteiger partial charge in [-0.05, 0) is 30.3 Å². The van der Waals surface area contributed by atoms with E-state index in [4.69, 9.17) is 39.5 Å². The summed E-state index contributed by atoms with van der Waals surface area (Å²) in [5.74, 6) is 0.0639. The van der Waals surface area contributed by atoms with Gasteiger partial charge in [-0.15, -0.1) is 0 Å². The second-order valence-electron chi connectivity index (χ2n) is 4.32. The first kappa shape index (κ1) is 17.1. The summed E-state index contributed by atoms with van der Waals surface area (Å²) < 4.78 is 30.6. The third-order valence-corrected chi connectivity index (χ3v) is 4.35. The molecular weight excluding hydrogens is 371 g/mol. The molecule has 0 aliphatic rings. The fourth-order valence-electron chi connectivity index (χ4n) is 1.88. The van der Waals surface area contributed by atoms with Gasteiger partial charge in [-0.1, -0.05) is 34.8 Å². The summed E-state index contributed by atoms with van der Waals surface area (Å²) in [5, 5.41) is 0.784. The van der Waals surface area contributed by atoms with E-state index in [9.17, 15) is 8.42 Å². The minimum Gasteiger partial charge on any atom is -0.479 e. The molecule has 0 aliphatic heterocycles. The summed E-state index contributed by atoms with van der Waals surface area (Å²) in [6.07, 6.45) is 1.05. The van der Waals surface area contributed by atoms with Crippen molar-refractivity contribution in [1.29, 1.82) is 0 Å². The van der Waals surface area contributed by atoms with E-state index in [1.54, 1.807) is 0 Å². The van der Waals surface area contributed by atoms with E-state index >= 15 is 0 Å². The highest BCUT2D eigenvalue weighted by atomic mass is 35.5. The second kappa shape index (κ2) is 6.50. The quantitative estimate of drug-likeness (QED) is 0.747. The maximum atomic E-state index is 12.2. The fourth-order valence-corrected chi connectivity index (χ4v) is 3.52. The lowest BCUT2D eigenvalue weighted by Crippen LogP contribution is -2.25. The minimum absolute atomic E-state index is 0.0639. The molecule has 0 spiro atoms. The smallest absolute Gasteiger partial charge is 0.240 e. The van der Waals surface area contributed by atoms with Crippen LogP contribution in [-0.2, 0) is 10.0 Å². The van der Waals surface area contributed by atoms with Crippen LogP contribution in [-0.4, -0.2) is 26.8 Å². The van der Waals surface area contributed by atoms with Gasteiger partial charge in [-0.25, -0.2) is 12.7 Å². The first-order chi connectivity index (χ1) is 10.2. The molecule has 5 nitrogen and oxygen atoms in total. The number of halogens is 3. The molecule has 0 radical (unpaired) electrons. The molecule has 0 N–H and O–H groups in total. The van der Waals surface area contributed by atoms with Crippen molar-refractivity contribution in [3.63, 3.8) is 0 Å². The Morgan fingerprint density at radius 1 is 1.09 bits per heavy atom. The van der Waals surface area contributed by atoms with Gasteiger partial charge in [0, 0.05) is 10.0 Å². The normalized spacial score (nSPS) is 11.3. The maximum Gasteiger partial charge on any atom is 0.240 e. The van der Waals surface area contributed by atoms with Crippen molar-refractivity contribution in [2.75, 3.05) is 17.7 Å². The highest BCUT2D eigenvalue weighted by Gasteiger charge is 2.25. The Bertz CT molecular complexity index is 792. The molecule has 0 unspecified atom stereocenters. The van der Waals surface area contributed by atoms with Gasteiger partial charge in [0.2, 0.25) is 15.9 Å². The van der Waals surface area contributed by atoms with E-state index in [2.05, 4.69) is 4.98 Å². The van der Waals surface area contributed by atoms with Crippen LogP contribution in [0, 0.1) is 0 Å². The molecule has 1 aromatic heterocycles. The Balaban J connectivity index is 2.72. The Hall–Kier alpha value is -1.21. The van der Waals surface area contributed by atoms with E-state index in [0.29, 0.717) is 10.0 Å². The topological polar surface area (TPSA) is 59.5 Å². The fraction of sp³-hybridized carbons (Fsp3) is 0.154. The molecular formula is C13H11Cl3N2O3S. The molecule has 0 saturated carbocycles. The third-order valence-electron chi connectivity index (χ3n) is 2.63. The van der Waals surface area contributed by atoms with E-state index in [1.807, 2.05) is 0 Å². The van der Waals surface area contributed by atoms with Gasteiger partial charge in [-0.3, -0.25) is 0 Å². The molecule has 22 heavy (non-hydrogen) atoms. The van der Waals surface area contributed by atoms with Crippen molar-refractivity contribution in [2.45, 2.75) is 0 Å². The monoisotopic (exact) mass is 380 g/mol. The average molecular weight is 382 g/mol. The van der Waals surface area contributed by atoms with E-state index in [1.165, 1.54) is 37.4 Å². The summed E-state index contributed by atoms with van der Waals surface area (Å²) in [6, 6.07) is 7.41. The van der Waals surface area contributed by atoms with Gasteiger partial charge in [-0.2, -0.15) is 4.98 Å². The van der Waals surface area contributed by atoms with Crippen LogP contribution in [0.15, 0.2) is 30.3 Å². The van der Waals surface area contributed by atoms with Crippen LogP contribution in [0.4, 0.5) is 11.4 Å². The zero-order valence-corrected chi connectivity index (χ0v) is 14.6. The van der Waals surface area contributed by atoms with E-state index in [0.717, 1.165) is 10.6 Å². The molecule has 0 atom stereocenters. The summed E-state index contributed by atoms with van der Waals surface area (Å²) in [7, 11) is -2.33. The van der Waals surface area contributed by atoms with Crippen LogP contribution >= 0.6 is 34.8 Å². The number of hydrogen-bond donors (Lipinski definition) is 0. The van der Waals surface area contributed by atoms with Crippen molar-refractivity contribution in [3.05, 3.63) is 45.5 Å². The Morgan fingerprint density at radius 3 is 2.18 bits per heavy atom. The van der Waals surface area contributed by atoms with Gasteiger partial charge < -0.3 is 4.74 Å². The summed E-state index contributed by atoms with van der Waals surface area (Å²) in [5.41, 5.74) is 0.468. The summed E-state index contributed by atoms with van der Waals surface area (Å²) in [6.45, 7) is 0. The zero-order valence-electron chi connectivity index (χ0n) is 11.5. The number of anilines is 2. The number of rotatable bonds is 4. The largest absolute Gasteiger partial charge is 0.479 e. The lowest BCUT2D eigenvalue weighted by Gasteiger charge is -2.24. The first-order valence-corrected chi connectivity index (χ1v) is 8.87. The molecule has 118 valence electrons. The molecule has 0 aliphatic carbocycles. The molecule has 2 rings (SSSR count). The van der Waals surface area contributed by atoms with Crippen molar-refractivity contribution in [3.8, 4) is 5.88 Å². The third kappa shape index (κ3) is 3.76. The predicted molar refractivity (Wildman–Crippen MR) is 89.2 cm³/mol. The number of aromatic nitrogens is 1. The Kier molecular flexibility index (Phi) is 5.07. The molecule has 0 bridgehead atoms. The standard InChI is InChI=1S/C13H11Cl3N2O3S/c1-21-13-11(3-4-12(16)17-13)18(22(2,19)20)10-6-8(14)5-9(15)7-10/h3-7H,1-2H3. The molecule has 9 heteroatoms.